The van der Waals surface area contributed by atoms with Crippen molar-refractivity contribution in [2.24, 2.45) is 0 Å². The summed E-state index contributed by atoms with van der Waals surface area (Å²) in [5.74, 6) is 0. The van der Waals surface area contributed by atoms with Crippen molar-refractivity contribution in [1.82, 2.24) is 4.31 Å². The van der Waals surface area contributed by atoms with Crippen molar-refractivity contribution in [2.75, 3.05) is 26.3 Å². The number of morpholine rings is 1. The summed E-state index contributed by atoms with van der Waals surface area (Å²) in [6.45, 7) is 1.27. The highest BCUT2D eigenvalue weighted by molar-refractivity contribution is 7.92. The van der Waals surface area contributed by atoms with E-state index in [2.05, 4.69) is 0 Å². The van der Waals surface area contributed by atoms with Crippen LogP contribution in [-0.2, 0) is 18.4 Å². The van der Waals surface area contributed by atoms with Crippen LogP contribution in [0, 0.1) is 0 Å². The van der Waals surface area contributed by atoms with Gasteiger partial charge in [-0.05, 0) is 0 Å². The molecule has 1 aliphatic heterocycles. The minimum absolute atomic E-state index is 0.274. The molecule has 1 aliphatic rings. The first-order valence-corrected chi connectivity index (χ1v) is 7.66. The SMILES string of the molecule is O=S(=O)(N1CCOCC1)C(Cl)(Cl)c1ccccc1. The second-order valence-corrected chi connectivity index (χ2v) is 7.75. The zero-order valence-corrected chi connectivity index (χ0v) is 11.9. The monoisotopic (exact) mass is 309 g/mol. The topological polar surface area (TPSA) is 46.6 Å². The molecule has 0 aliphatic carbocycles. The Balaban J connectivity index is 2.33. The summed E-state index contributed by atoms with van der Waals surface area (Å²) in [7, 11) is -3.83. The molecular formula is C11H13Cl2NO3S. The van der Waals surface area contributed by atoms with Crippen molar-refractivity contribution < 1.29 is 13.2 Å². The lowest BCUT2D eigenvalue weighted by Crippen LogP contribution is -2.46. The molecule has 0 atom stereocenters. The van der Waals surface area contributed by atoms with Gasteiger partial charge >= 0.3 is 0 Å². The third-order valence-corrected chi connectivity index (χ3v) is 6.28. The van der Waals surface area contributed by atoms with E-state index in [0.717, 1.165) is 0 Å². The summed E-state index contributed by atoms with van der Waals surface area (Å²) in [5.41, 5.74) is 0.347. The lowest BCUT2D eigenvalue weighted by Gasteiger charge is -2.31. The largest absolute Gasteiger partial charge is 0.379 e. The normalized spacial score (nSPS) is 18.8. The Kier molecular flexibility index (Phi) is 4.18. The van der Waals surface area contributed by atoms with Crippen LogP contribution in [0.3, 0.4) is 0 Å². The third-order valence-electron chi connectivity index (χ3n) is 2.74. The van der Waals surface area contributed by atoms with Crippen LogP contribution in [0.25, 0.3) is 0 Å². The Labute approximate surface area is 116 Å². The van der Waals surface area contributed by atoms with Crippen LogP contribution in [-0.4, -0.2) is 39.0 Å². The maximum atomic E-state index is 12.4. The van der Waals surface area contributed by atoms with Gasteiger partial charge in [0, 0.05) is 18.7 Å². The molecule has 0 radical (unpaired) electrons. The smallest absolute Gasteiger partial charge is 0.257 e. The summed E-state index contributed by atoms with van der Waals surface area (Å²) in [5, 5.41) is 0. The highest BCUT2D eigenvalue weighted by atomic mass is 35.5. The first-order chi connectivity index (χ1) is 8.46. The molecule has 4 nitrogen and oxygen atoms in total. The van der Waals surface area contributed by atoms with Crippen molar-refractivity contribution in [2.45, 2.75) is 3.67 Å². The molecule has 1 saturated heterocycles. The van der Waals surface area contributed by atoms with Gasteiger partial charge in [-0.1, -0.05) is 53.5 Å². The van der Waals surface area contributed by atoms with Crippen molar-refractivity contribution in [3.63, 3.8) is 0 Å². The highest BCUT2D eigenvalue weighted by Crippen LogP contribution is 2.41. The summed E-state index contributed by atoms with van der Waals surface area (Å²) < 4.78 is 29.3. The second-order valence-electron chi connectivity index (χ2n) is 3.90. The molecule has 7 heteroatoms. The number of sulfonamides is 1. The summed E-state index contributed by atoms with van der Waals surface area (Å²) in [6.07, 6.45) is 0. The van der Waals surface area contributed by atoms with Crippen molar-refractivity contribution in [3.05, 3.63) is 35.9 Å². The van der Waals surface area contributed by atoms with Crippen molar-refractivity contribution in [1.29, 1.82) is 0 Å². The van der Waals surface area contributed by atoms with Crippen LogP contribution in [0.5, 0.6) is 0 Å². The van der Waals surface area contributed by atoms with E-state index in [-0.39, 0.29) is 13.1 Å². The van der Waals surface area contributed by atoms with Gasteiger partial charge in [0.15, 0.2) is 0 Å². The van der Waals surface area contributed by atoms with Gasteiger partial charge in [0.25, 0.3) is 13.7 Å². The van der Waals surface area contributed by atoms with Gasteiger partial charge in [-0.15, -0.1) is 0 Å². The summed E-state index contributed by atoms with van der Waals surface area (Å²) in [4.78, 5) is 0. The summed E-state index contributed by atoms with van der Waals surface area (Å²) >= 11 is 12.2. The van der Waals surface area contributed by atoms with Gasteiger partial charge in [-0.2, -0.15) is 4.31 Å². The first kappa shape index (κ1) is 14.1. The number of ether oxygens (including phenoxy) is 1. The van der Waals surface area contributed by atoms with Gasteiger partial charge in [0.1, 0.15) is 0 Å². The number of rotatable bonds is 3. The summed E-state index contributed by atoms with van der Waals surface area (Å²) in [6, 6.07) is 8.36. The molecule has 0 amide bonds. The Hall–Kier alpha value is -0.330. The van der Waals surface area contributed by atoms with Crippen LogP contribution in [0.4, 0.5) is 0 Å². The van der Waals surface area contributed by atoms with Crippen molar-refractivity contribution >= 4 is 33.2 Å². The Morgan fingerprint density at radius 2 is 1.67 bits per heavy atom. The lowest BCUT2D eigenvalue weighted by atomic mass is 10.2. The predicted octanol–water partition coefficient (Wildman–Crippen LogP) is 1.94. The molecule has 2 rings (SSSR count). The fraction of sp³-hybridized carbons (Fsp3) is 0.455. The van der Waals surface area contributed by atoms with Gasteiger partial charge < -0.3 is 4.74 Å². The molecule has 1 aromatic carbocycles. The molecule has 0 bridgehead atoms. The molecule has 0 unspecified atom stereocenters. The molecule has 18 heavy (non-hydrogen) atoms. The number of benzene rings is 1. The number of alkyl halides is 2. The van der Waals surface area contributed by atoms with E-state index in [0.29, 0.717) is 18.8 Å². The first-order valence-electron chi connectivity index (χ1n) is 5.47. The van der Waals surface area contributed by atoms with Gasteiger partial charge in [0.2, 0.25) is 0 Å². The van der Waals surface area contributed by atoms with E-state index < -0.39 is 13.7 Å². The average Bonchev–Trinajstić information content (AvgIpc) is 2.40. The molecule has 1 heterocycles. The van der Waals surface area contributed by atoms with E-state index in [4.69, 9.17) is 27.9 Å². The maximum absolute atomic E-state index is 12.4. The Bertz CT molecular complexity index is 498. The molecule has 100 valence electrons. The standard InChI is InChI=1S/C11H13Cl2NO3S/c12-11(13,10-4-2-1-3-5-10)18(15,16)14-6-8-17-9-7-14/h1-5H,6-9H2. The molecule has 1 fully saturated rings. The van der Waals surface area contributed by atoms with Crippen LogP contribution in [0.15, 0.2) is 30.3 Å². The molecular weight excluding hydrogens is 297 g/mol. The average molecular weight is 310 g/mol. The Morgan fingerprint density at radius 1 is 1.11 bits per heavy atom. The minimum Gasteiger partial charge on any atom is -0.379 e. The van der Waals surface area contributed by atoms with E-state index in [9.17, 15) is 8.42 Å². The van der Waals surface area contributed by atoms with Gasteiger partial charge in [-0.3, -0.25) is 0 Å². The van der Waals surface area contributed by atoms with Crippen LogP contribution in [0.1, 0.15) is 5.56 Å². The lowest BCUT2D eigenvalue weighted by molar-refractivity contribution is 0.0727. The number of hydrogen-bond donors (Lipinski definition) is 0. The molecule has 0 spiro atoms. The van der Waals surface area contributed by atoms with Crippen LogP contribution >= 0.6 is 23.2 Å². The molecule has 1 aromatic rings. The van der Waals surface area contributed by atoms with Gasteiger partial charge in [0.05, 0.1) is 13.2 Å². The third kappa shape index (κ3) is 2.51. The number of hydrogen-bond acceptors (Lipinski definition) is 3. The van der Waals surface area contributed by atoms with E-state index >= 15 is 0 Å². The molecule has 0 saturated carbocycles. The van der Waals surface area contributed by atoms with Gasteiger partial charge in [-0.25, -0.2) is 8.42 Å². The van der Waals surface area contributed by atoms with E-state index in [1.165, 1.54) is 4.31 Å². The van der Waals surface area contributed by atoms with Crippen molar-refractivity contribution in [3.8, 4) is 0 Å². The van der Waals surface area contributed by atoms with Crippen LogP contribution < -0.4 is 0 Å². The zero-order chi connectivity index (χ0) is 13.2. The quantitative estimate of drug-likeness (QED) is 0.802. The second kappa shape index (κ2) is 5.35. The van der Waals surface area contributed by atoms with Crippen LogP contribution in [0.2, 0.25) is 0 Å². The minimum atomic E-state index is -3.83. The fourth-order valence-electron chi connectivity index (χ4n) is 1.73. The molecule has 0 aromatic heterocycles. The molecule has 0 N–H and O–H groups in total. The predicted molar refractivity (Wildman–Crippen MR) is 71.1 cm³/mol. The maximum Gasteiger partial charge on any atom is 0.257 e. The fourth-order valence-corrected chi connectivity index (χ4v) is 3.96. The van der Waals surface area contributed by atoms with E-state index in [1.807, 2.05) is 0 Å². The number of nitrogens with zero attached hydrogens (tertiary/aromatic N) is 1. The zero-order valence-electron chi connectivity index (χ0n) is 9.55. The Morgan fingerprint density at radius 3 is 2.22 bits per heavy atom. The van der Waals surface area contributed by atoms with E-state index in [1.54, 1.807) is 30.3 Å². The highest BCUT2D eigenvalue weighted by Gasteiger charge is 2.46. The number of halogens is 2.